The van der Waals surface area contributed by atoms with E-state index in [9.17, 15) is 0 Å². The normalized spacial score (nSPS) is 9.19. The maximum absolute atomic E-state index is 4.22. The third kappa shape index (κ3) is 7.23. The largest absolute Gasteiger partial charge is 2.00 e. The van der Waals surface area contributed by atoms with Gasteiger partial charge in [0.05, 0.1) is 0 Å². The van der Waals surface area contributed by atoms with E-state index in [1.807, 2.05) is 72.8 Å². The maximum atomic E-state index is 4.22. The molecule has 4 aromatic heterocycles. The van der Waals surface area contributed by atoms with Gasteiger partial charge >= 0.3 is 16.8 Å². The molecule has 0 atom stereocenters. The topological polar surface area (TPSA) is 79.8 Å². The van der Waals surface area contributed by atoms with Gasteiger partial charge in [-0.15, -0.1) is 0 Å². The minimum atomic E-state index is 0. The van der Waals surface area contributed by atoms with Crippen molar-refractivity contribution in [3.8, 4) is 0 Å². The average Bonchev–Trinajstić information content (AvgIpc) is 2.72. The predicted octanol–water partition coefficient (Wildman–Crippen LogP) is 5.62. The van der Waals surface area contributed by atoms with Crippen molar-refractivity contribution < 1.29 is 16.8 Å². The summed E-state index contributed by atoms with van der Waals surface area (Å²) in [6, 6.07) is 22.4. The van der Waals surface area contributed by atoms with Crippen molar-refractivity contribution in [1.82, 2.24) is 19.9 Å². The molecule has 1 radical (unpaired) electrons. The molecule has 0 spiro atoms. The summed E-state index contributed by atoms with van der Waals surface area (Å²) in [5, 5.41) is 8.44. The quantitative estimate of drug-likeness (QED) is 0.446. The van der Waals surface area contributed by atoms with Gasteiger partial charge in [-0.05, 0) is 49.1 Å². The van der Waals surface area contributed by atoms with E-state index >= 15 is 0 Å². The van der Waals surface area contributed by atoms with Crippen LogP contribution in [0.3, 0.4) is 0 Å². The molecule has 0 bridgehead atoms. The minimum absolute atomic E-state index is 0. The van der Waals surface area contributed by atoms with E-state index in [-0.39, 0.29) is 16.8 Å². The van der Waals surface area contributed by atoms with Crippen LogP contribution in [0.2, 0.25) is 0 Å². The van der Waals surface area contributed by atoms with E-state index in [0.29, 0.717) is 23.3 Å². The molecule has 0 amide bonds. The maximum Gasteiger partial charge on any atom is 2.00 e. The van der Waals surface area contributed by atoms with Crippen LogP contribution >= 0.6 is 0 Å². The monoisotopic (exact) mass is 399 g/mol. The number of aromatic nitrogens is 4. The molecule has 0 aliphatic rings. The summed E-state index contributed by atoms with van der Waals surface area (Å²) < 4.78 is 0. The van der Waals surface area contributed by atoms with Crippen LogP contribution in [-0.2, 0) is 16.8 Å². The van der Waals surface area contributed by atoms with Crippen molar-refractivity contribution in [2.75, 3.05) is 0 Å². The summed E-state index contributed by atoms with van der Waals surface area (Å²) in [5.74, 6) is 2.73. The SMILES string of the molecule is [Co+2].c1ccc([N-]c2ccccn2)nc1.c1ccc([N-]c2ccccn2)nc1. The number of pyridine rings is 4. The summed E-state index contributed by atoms with van der Waals surface area (Å²) in [5.41, 5.74) is 0. The van der Waals surface area contributed by atoms with Crippen molar-refractivity contribution in [1.29, 1.82) is 0 Å². The number of hydrogen-bond acceptors (Lipinski definition) is 4. The van der Waals surface area contributed by atoms with Crippen LogP contribution in [0.4, 0.5) is 23.3 Å². The van der Waals surface area contributed by atoms with Crippen molar-refractivity contribution >= 4 is 23.3 Å². The molecule has 0 aliphatic heterocycles. The molecule has 7 heteroatoms. The molecule has 135 valence electrons. The molecule has 0 saturated heterocycles. The Morgan fingerprint density at radius 3 is 0.852 bits per heavy atom. The van der Waals surface area contributed by atoms with Gasteiger partial charge in [-0.1, -0.05) is 48.5 Å². The van der Waals surface area contributed by atoms with E-state index < -0.39 is 0 Å². The minimum Gasteiger partial charge on any atom is -0.369 e. The van der Waals surface area contributed by atoms with Crippen molar-refractivity contribution in [2.45, 2.75) is 0 Å². The van der Waals surface area contributed by atoms with Gasteiger partial charge in [0.25, 0.3) is 0 Å². The Balaban J connectivity index is 0.000000187. The molecule has 0 unspecified atom stereocenters. The Morgan fingerprint density at radius 2 is 0.667 bits per heavy atom. The van der Waals surface area contributed by atoms with E-state index in [1.165, 1.54) is 0 Å². The van der Waals surface area contributed by atoms with Gasteiger partial charge in [-0.25, -0.2) is 0 Å². The smallest absolute Gasteiger partial charge is 0.369 e. The Morgan fingerprint density at radius 1 is 0.407 bits per heavy atom. The van der Waals surface area contributed by atoms with E-state index in [2.05, 4.69) is 30.6 Å². The summed E-state index contributed by atoms with van der Waals surface area (Å²) in [6.07, 6.45) is 6.84. The van der Waals surface area contributed by atoms with Gasteiger partial charge in [-0.2, -0.15) is 0 Å². The second-order valence-corrected chi connectivity index (χ2v) is 4.98. The van der Waals surface area contributed by atoms with Gasteiger partial charge in [0, 0.05) is 23.3 Å². The molecule has 0 saturated carbocycles. The zero-order chi connectivity index (χ0) is 17.9. The first kappa shape index (κ1) is 20.0. The Kier molecular flexibility index (Phi) is 8.41. The third-order valence-corrected chi connectivity index (χ3v) is 3.06. The van der Waals surface area contributed by atoms with Crippen LogP contribution in [0.5, 0.6) is 0 Å². The van der Waals surface area contributed by atoms with Crippen LogP contribution in [0.25, 0.3) is 10.6 Å². The molecule has 6 nitrogen and oxygen atoms in total. The number of hydrogen-bond donors (Lipinski definition) is 0. The van der Waals surface area contributed by atoms with Crippen molar-refractivity contribution in [3.63, 3.8) is 0 Å². The van der Waals surface area contributed by atoms with Gasteiger partial charge in [0.1, 0.15) is 0 Å². The second-order valence-electron chi connectivity index (χ2n) is 4.98. The van der Waals surface area contributed by atoms with Gasteiger partial charge in [0.2, 0.25) is 0 Å². The summed E-state index contributed by atoms with van der Waals surface area (Å²) in [7, 11) is 0. The second kappa shape index (κ2) is 11.3. The van der Waals surface area contributed by atoms with Gasteiger partial charge in [0.15, 0.2) is 0 Å². The average molecular weight is 399 g/mol. The molecular weight excluding hydrogens is 383 g/mol. The molecule has 27 heavy (non-hydrogen) atoms. The molecule has 4 rings (SSSR count). The molecule has 0 aromatic carbocycles. The summed E-state index contributed by atoms with van der Waals surface area (Å²) in [6.45, 7) is 0. The fourth-order valence-electron chi connectivity index (χ4n) is 1.91. The Labute approximate surface area is 168 Å². The van der Waals surface area contributed by atoms with Crippen LogP contribution in [0.1, 0.15) is 0 Å². The van der Waals surface area contributed by atoms with Gasteiger partial charge < -0.3 is 30.6 Å². The zero-order valence-corrected chi connectivity index (χ0v) is 15.3. The van der Waals surface area contributed by atoms with Crippen molar-refractivity contribution in [2.24, 2.45) is 0 Å². The number of rotatable bonds is 4. The summed E-state index contributed by atoms with van der Waals surface area (Å²) in [4.78, 5) is 16.3. The third-order valence-electron chi connectivity index (χ3n) is 3.06. The first-order valence-corrected chi connectivity index (χ1v) is 7.98. The van der Waals surface area contributed by atoms with Crippen LogP contribution in [0.15, 0.2) is 97.6 Å². The molecule has 0 aliphatic carbocycles. The molecular formula is C20H16CoN6. The van der Waals surface area contributed by atoms with Crippen molar-refractivity contribution in [3.05, 3.63) is 108 Å². The molecule has 4 heterocycles. The van der Waals surface area contributed by atoms with Crippen LogP contribution in [0, 0.1) is 0 Å². The zero-order valence-electron chi connectivity index (χ0n) is 14.3. The van der Waals surface area contributed by atoms with Crippen LogP contribution in [-0.4, -0.2) is 19.9 Å². The van der Waals surface area contributed by atoms with Crippen LogP contribution < -0.4 is 0 Å². The fraction of sp³-hybridized carbons (Fsp3) is 0. The molecule has 4 aromatic rings. The van der Waals surface area contributed by atoms with E-state index in [0.717, 1.165) is 0 Å². The first-order chi connectivity index (χ1) is 12.9. The fourth-order valence-corrected chi connectivity index (χ4v) is 1.91. The molecule has 0 fully saturated rings. The first-order valence-electron chi connectivity index (χ1n) is 7.98. The van der Waals surface area contributed by atoms with Gasteiger partial charge in [-0.3, -0.25) is 0 Å². The van der Waals surface area contributed by atoms with E-state index in [4.69, 9.17) is 0 Å². The Bertz CT molecular complexity index is 725. The summed E-state index contributed by atoms with van der Waals surface area (Å²) >= 11 is 0. The number of nitrogens with zero attached hydrogens (tertiary/aromatic N) is 6. The molecule has 0 N–H and O–H groups in total. The standard InChI is InChI=1S/2C10H8N3.Co/c2*1-3-7-11-9(5-1)13-10-6-2-4-8-12-10;/h2*1-8H;/q2*-1;+2. The predicted molar refractivity (Wildman–Crippen MR) is 102 cm³/mol. The van der Waals surface area contributed by atoms with E-state index in [1.54, 1.807) is 24.8 Å². The Hall–Kier alpha value is -3.29.